The lowest BCUT2D eigenvalue weighted by molar-refractivity contribution is -0.118. The Hall–Kier alpha value is -2.49. The van der Waals surface area contributed by atoms with Crippen molar-refractivity contribution in [1.82, 2.24) is 10.2 Å². The summed E-state index contributed by atoms with van der Waals surface area (Å²) in [6.07, 6.45) is 0. The third-order valence-corrected chi connectivity index (χ3v) is 6.23. The maximum atomic E-state index is 12.3. The molecule has 3 aromatic rings. The molecule has 1 N–H and O–H groups in total. The van der Waals surface area contributed by atoms with Crippen LogP contribution in [-0.4, -0.2) is 31.1 Å². The maximum absolute atomic E-state index is 12.3. The molecule has 0 atom stereocenters. The molecule has 0 spiro atoms. The standard InChI is InChI=1S/C17H14ClN3O4S2/c18-12-6-8-13(9-7-12)25-10-15(22)19-17-21-20-16(26-17)11-27(23,24)14-4-2-1-3-5-14/h1-9H,10-11H2,(H,19,21,22). The van der Waals surface area contributed by atoms with Gasteiger partial charge in [-0.2, -0.15) is 0 Å². The summed E-state index contributed by atoms with van der Waals surface area (Å²) in [5.74, 6) is -0.216. The predicted molar refractivity (Wildman–Crippen MR) is 103 cm³/mol. The van der Waals surface area contributed by atoms with Crippen LogP contribution in [0.1, 0.15) is 5.01 Å². The zero-order valence-electron chi connectivity index (χ0n) is 13.8. The molecule has 0 aliphatic carbocycles. The number of carbonyl (C=O) groups is 1. The number of anilines is 1. The molecule has 0 bridgehead atoms. The van der Waals surface area contributed by atoms with Crippen molar-refractivity contribution in [1.29, 1.82) is 0 Å². The Balaban J connectivity index is 1.56. The van der Waals surface area contributed by atoms with Crippen LogP contribution in [0, 0.1) is 0 Å². The second-order valence-electron chi connectivity index (χ2n) is 5.36. The molecule has 140 valence electrons. The number of rotatable bonds is 7. The molecule has 0 fully saturated rings. The van der Waals surface area contributed by atoms with Crippen LogP contribution >= 0.6 is 22.9 Å². The molecule has 1 aromatic heterocycles. The van der Waals surface area contributed by atoms with Crippen molar-refractivity contribution in [3.63, 3.8) is 0 Å². The average Bonchev–Trinajstić information content (AvgIpc) is 3.08. The second-order valence-corrected chi connectivity index (χ2v) is 8.85. The quantitative estimate of drug-likeness (QED) is 0.626. The number of amides is 1. The molecular weight excluding hydrogens is 410 g/mol. The highest BCUT2D eigenvalue weighted by molar-refractivity contribution is 7.90. The number of nitrogens with zero attached hydrogens (tertiary/aromatic N) is 2. The molecule has 0 aliphatic rings. The van der Waals surface area contributed by atoms with Gasteiger partial charge in [0.15, 0.2) is 16.4 Å². The Bertz CT molecular complexity index is 1020. The van der Waals surface area contributed by atoms with E-state index >= 15 is 0 Å². The fraction of sp³-hybridized carbons (Fsp3) is 0.118. The van der Waals surface area contributed by atoms with Crippen molar-refractivity contribution in [2.45, 2.75) is 10.6 Å². The van der Waals surface area contributed by atoms with E-state index in [0.717, 1.165) is 11.3 Å². The van der Waals surface area contributed by atoms with Crippen LogP contribution < -0.4 is 10.1 Å². The van der Waals surface area contributed by atoms with E-state index < -0.39 is 15.7 Å². The Morgan fingerprint density at radius 3 is 2.48 bits per heavy atom. The molecule has 2 aromatic carbocycles. The van der Waals surface area contributed by atoms with E-state index in [4.69, 9.17) is 16.3 Å². The van der Waals surface area contributed by atoms with Gasteiger partial charge in [-0.05, 0) is 36.4 Å². The molecule has 0 unspecified atom stereocenters. The number of hydrogen-bond acceptors (Lipinski definition) is 7. The normalized spacial score (nSPS) is 11.1. The van der Waals surface area contributed by atoms with E-state index in [1.807, 2.05) is 0 Å². The first-order valence-electron chi connectivity index (χ1n) is 7.71. The lowest BCUT2D eigenvalue weighted by Crippen LogP contribution is -2.20. The third kappa shape index (κ3) is 5.49. The first-order chi connectivity index (χ1) is 12.9. The predicted octanol–water partition coefficient (Wildman–Crippen LogP) is 3.18. The number of halogens is 1. The number of carbonyl (C=O) groups excluding carboxylic acids is 1. The second kappa shape index (κ2) is 8.47. The molecular formula is C17H14ClN3O4S2. The van der Waals surface area contributed by atoms with Crippen molar-refractivity contribution in [2.75, 3.05) is 11.9 Å². The summed E-state index contributed by atoms with van der Waals surface area (Å²) in [7, 11) is -3.52. The van der Waals surface area contributed by atoms with Crippen LogP contribution in [0.25, 0.3) is 0 Å². The molecule has 1 amide bonds. The van der Waals surface area contributed by atoms with E-state index in [-0.39, 0.29) is 27.4 Å². The Morgan fingerprint density at radius 2 is 1.78 bits per heavy atom. The van der Waals surface area contributed by atoms with Gasteiger partial charge in [0.1, 0.15) is 16.5 Å². The topological polar surface area (TPSA) is 98.2 Å². The lowest BCUT2D eigenvalue weighted by atomic mass is 10.3. The van der Waals surface area contributed by atoms with E-state index in [9.17, 15) is 13.2 Å². The summed E-state index contributed by atoms with van der Waals surface area (Å²) >= 11 is 6.78. The minimum atomic E-state index is -3.52. The number of aromatic nitrogens is 2. The zero-order valence-corrected chi connectivity index (χ0v) is 16.2. The van der Waals surface area contributed by atoms with Crippen molar-refractivity contribution in [2.24, 2.45) is 0 Å². The Labute approximate surface area is 164 Å². The number of hydrogen-bond donors (Lipinski definition) is 1. The van der Waals surface area contributed by atoms with Gasteiger partial charge in [-0.15, -0.1) is 10.2 Å². The first kappa shape index (κ1) is 19.3. The van der Waals surface area contributed by atoms with Gasteiger partial charge in [-0.25, -0.2) is 8.42 Å². The summed E-state index contributed by atoms with van der Waals surface area (Å²) in [6.45, 7) is -0.223. The van der Waals surface area contributed by atoms with Crippen LogP contribution in [0.3, 0.4) is 0 Å². The van der Waals surface area contributed by atoms with E-state index in [0.29, 0.717) is 10.8 Å². The van der Waals surface area contributed by atoms with Crippen LogP contribution in [-0.2, 0) is 20.4 Å². The van der Waals surface area contributed by atoms with E-state index in [1.54, 1.807) is 42.5 Å². The fourth-order valence-corrected chi connectivity index (χ4v) is 4.57. The summed E-state index contributed by atoms with van der Waals surface area (Å²) in [5.41, 5.74) is 0. The molecule has 1 heterocycles. The first-order valence-corrected chi connectivity index (χ1v) is 10.6. The Kier molecular flexibility index (Phi) is 6.04. The van der Waals surface area contributed by atoms with E-state index in [1.165, 1.54) is 12.1 Å². The molecule has 7 nitrogen and oxygen atoms in total. The SMILES string of the molecule is O=C(COc1ccc(Cl)cc1)Nc1nnc(CS(=O)(=O)c2ccccc2)s1. The van der Waals surface area contributed by atoms with Gasteiger partial charge in [0.05, 0.1) is 4.90 Å². The van der Waals surface area contributed by atoms with Crippen molar-refractivity contribution in [3.8, 4) is 5.75 Å². The molecule has 3 rings (SSSR count). The van der Waals surface area contributed by atoms with Crippen LogP contribution in [0.2, 0.25) is 5.02 Å². The number of nitrogens with one attached hydrogen (secondary N) is 1. The molecule has 0 aliphatic heterocycles. The maximum Gasteiger partial charge on any atom is 0.264 e. The number of ether oxygens (including phenoxy) is 1. The zero-order chi connectivity index (χ0) is 19.3. The molecule has 10 heteroatoms. The summed E-state index contributed by atoms with van der Waals surface area (Å²) in [6, 6.07) is 14.7. The van der Waals surface area contributed by atoms with Gasteiger partial charge < -0.3 is 4.74 Å². The summed E-state index contributed by atoms with van der Waals surface area (Å²) < 4.78 is 30.0. The minimum absolute atomic E-state index is 0.206. The van der Waals surface area contributed by atoms with Crippen LogP contribution in [0.5, 0.6) is 5.75 Å². The fourth-order valence-electron chi connectivity index (χ4n) is 2.07. The smallest absolute Gasteiger partial charge is 0.264 e. The number of benzene rings is 2. The van der Waals surface area contributed by atoms with Gasteiger partial charge >= 0.3 is 0 Å². The largest absolute Gasteiger partial charge is 0.484 e. The lowest BCUT2D eigenvalue weighted by Gasteiger charge is -2.05. The Morgan fingerprint density at radius 1 is 1.07 bits per heavy atom. The monoisotopic (exact) mass is 423 g/mol. The van der Waals surface area contributed by atoms with Gasteiger partial charge in [0.25, 0.3) is 5.91 Å². The van der Waals surface area contributed by atoms with Gasteiger partial charge in [-0.1, -0.05) is 41.1 Å². The highest BCUT2D eigenvalue weighted by atomic mass is 35.5. The van der Waals surface area contributed by atoms with E-state index in [2.05, 4.69) is 15.5 Å². The molecule has 27 heavy (non-hydrogen) atoms. The third-order valence-electron chi connectivity index (χ3n) is 3.31. The van der Waals surface area contributed by atoms with Crippen molar-refractivity contribution >= 4 is 43.8 Å². The molecule has 0 saturated carbocycles. The molecule has 0 saturated heterocycles. The van der Waals surface area contributed by atoms with Crippen molar-refractivity contribution in [3.05, 3.63) is 64.6 Å². The van der Waals surface area contributed by atoms with Crippen LogP contribution in [0.4, 0.5) is 5.13 Å². The minimum Gasteiger partial charge on any atom is -0.484 e. The summed E-state index contributed by atoms with van der Waals surface area (Å²) in [5, 5.41) is 11.2. The summed E-state index contributed by atoms with van der Waals surface area (Å²) in [4.78, 5) is 12.1. The van der Waals surface area contributed by atoms with Gasteiger partial charge in [-0.3, -0.25) is 10.1 Å². The van der Waals surface area contributed by atoms with Crippen LogP contribution in [0.15, 0.2) is 59.5 Å². The number of sulfone groups is 1. The highest BCUT2D eigenvalue weighted by Crippen LogP contribution is 2.21. The van der Waals surface area contributed by atoms with Gasteiger partial charge in [0.2, 0.25) is 5.13 Å². The molecule has 0 radical (unpaired) electrons. The van der Waals surface area contributed by atoms with Gasteiger partial charge in [0, 0.05) is 5.02 Å². The highest BCUT2D eigenvalue weighted by Gasteiger charge is 2.18. The van der Waals surface area contributed by atoms with Crippen molar-refractivity contribution < 1.29 is 17.9 Å². The average molecular weight is 424 g/mol.